The molecule has 4 heterocycles. The highest BCUT2D eigenvalue weighted by Gasteiger charge is 2.28. The van der Waals surface area contributed by atoms with Gasteiger partial charge < -0.3 is 14.8 Å². The summed E-state index contributed by atoms with van der Waals surface area (Å²) in [4.78, 5) is 9.03. The normalized spacial score (nSPS) is 22.0. The molecule has 3 aromatic rings. The Morgan fingerprint density at radius 1 is 1.28 bits per heavy atom. The minimum absolute atomic E-state index is 0.296. The number of nitrogens with zero attached hydrogens (tertiary/aromatic N) is 6. The lowest BCUT2D eigenvalue weighted by Crippen LogP contribution is -2.23. The minimum atomic E-state index is 0.296. The van der Waals surface area contributed by atoms with Gasteiger partial charge in [0.15, 0.2) is 10.8 Å². The zero-order chi connectivity index (χ0) is 20.0. The summed E-state index contributed by atoms with van der Waals surface area (Å²) in [5, 5.41) is 13.5. The van der Waals surface area contributed by atoms with Gasteiger partial charge in [-0.15, -0.1) is 5.10 Å². The summed E-state index contributed by atoms with van der Waals surface area (Å²) in [6.45, 7) is 1.16. The summed E-state index contributed by atoms with van der Waals surface area (Å²) in [5.41, 5.74) is 1.44. The van der Waals surface area contributed by atoms with E-state index < -0.39 is 0 Å². The summed E-state index contributed by atoms with van der Waals surface area (Å²) < 4.78 is 16.2. The van der Waals surface area contributed by atoms with Gasteiger partial charge in [0.25, 0.3) is 5.88 Å². The maximum atomic E-state index is 6.22. The van der Waals surface area contributed by atoms with Gasteiger partial charge in [0.05, 0.1) is 24.1 Å². The number of aryl methyl sites for hydroxylation is 1. The van der Waals surface area contributed by atoms with Gasteiger partial charge in [-0.25, -0.2) is 14.3 Å². The fourth-order valence-corrected chi connectivity index (χ4v) is 4.86. The fourth-order valence-electron chi connectivity index (χ4n) is 4.00. The molecule has 154 valence electrons. The van der Waals surface area contributed by atoms with Crippen molar-refractivity contribution >= 4 is 50.2 Å². The molecular formula is C18H21BrClN7O2. The standard InChI is InChI=1S/C18H21BrClN7O2/c1-28-11-5-3-10(4-6-11)27-14(19)13-17(25-27)29-8-2-7-26-16-12(15(20)24-26)9-21-18(22-13)23-16/h9-11H,2-8H2,1H3,(H,21,22,23)/t10-,11-. The number of fused-ring (bicyclic) bond motifs is 2. The van der Waals surface area contributed by atoms with E-state index in [1.165, 1.54) is 0 Å². The van der Waals surface area contributed by atoms with Crippen molar-refractivity contribution in [2.45, 2.75) is 50.8 Å². The number of hydrogen-bond acceptors (Lipinski definition) is 7. The van der Waals surface area contributed by atoms with Crippen LogP contribution in [-0.4, -0.2) is 49.3 Å². The predicted molar refractivity (Wildman–Crippen MR) is 112 cm³/mol. The highest BCUT2D eigenvalue weighted by molar-refractivity contribution is 9.10. The van der Waals surface area contributed by atoms with Crippen molar-refractivity contribution in [2.24, 2.45) is 0 Å². The second-order valence-corrected chi connectivity index (χ2v) is 8.46. The third-order valence-electron chi connectivity index (χ3n) is 5.58. The summed E-state index contributed by atoms with van der Waals surface area (Å²) in [6, 6.07) is 0.296. The number of nitrogens with one attached hydrogen (secondary N) is 1. The summed E-state index contributed by atoms with van der Waals surface area (Å²) >= 11 is 9.94. The number of hydrogen-bond donors (Lipinski definition) is 1. The molecule has 2 bridgehead atoms. The Balaban J connectivity index is 1.51. The van der Waals surface area contributed by atoms with E-state index in [-0.39, 0.29) is 0 Å². The van der Waals surface area contributed by atoms with E-state index in [0.717, 1.165) is 47.8 Å². The molecule has 3 aromatic heterocycles. The molecule has 11 heteroatoms. The van der Waals surface area contributed by atoms with E-state index in [2.05, 4.69) is 36.3 Å². The molecule has 0 atom stereocenters. The average Bonchev–Trinajstić information content (AvgIpc) is 3.21. The van der Waals surface area contributed by atoms with Crippen molar-refractivity contribution < 1.29 is 9.47 Å². The fraction of sp³-hybridized carbons (Fsp3) is 0.556. The molecule has 1 N–H and O–H groups in total. The Bertz CT molecular complexity index is 1040. The maximum Gasteiger partial charge on any atom is 0.258 e. The van der Waals surface area contributed by atoms with Crippen LogP contribution in [0.25, 0.3) is 11.0 Å². The SMILES string of the molecule is CO[C@H]1CC[C@H](n2nc3c(c2Br)Nc2ncc4c(Cl)nn(c4n2)CCCO3)CC1. The number of rotatable bonds is 2. The molecule has 0 saturated heterocycles. The Morgan fingerprint density at radius 3 is 2.90 bits per heavy atom. The van der Waals surface area contributed by atoms with E-state index in [1.807, 2.05) is 4.68 Å². The van der Waals surface area contributed by atoms with Crippen LogP contribution in [-0.2, 0) is 11.3 Å². The molecule has 5 rings (SSSR count). The maximum absolute atomic E-state index is 6.22. The van der Waals surface area contributed by atoms with E-state index in [0.29, 0.717) is 47.9 Å². The quantitative estimate of drug-likeness (QED) is 0.588. The van der Waals surface area contributed by atoms with Gasteiger partial charge in [-0.2, -0.15) is 10.1 Å². The highest BCUT2D eigenvalue weighted by Crippen LogP contribution is 2.40. The molecular weight excluding hydrogens is 462 g/mol. The van der Waals surface area contributed by atoms with Crippen molar-refractivity contribution in [3.05, 3.63) is 16.0 Å². The van der Waals surface area contributed by atoms with Gasteiger partial charge in [-0.3, -0.25) is 0 Å². The first-order valence-corrected chi connectivity index (χ1v) is 10.9. The Kier molecular flexibility index (Phi) is 5.09. The Morgan fingerprint density at radius 2 is 2.10 bits per heavy atom. The number of halogens is 2. The first-order chi connectivity index (χ1) is 14.1. The van der Waals surface area contributed by atoms with E-state index in [4.69, 9.17) is 26.2 Å². The molecule has 9 nitrogen and oxygen atoms in total. The van der Waals surface area contributed by atoms with E-state index in [9.17, 15) is 0 Å². The average molecular weight is 483 g/mol. The first kappa shape index (κ1) is 19.1. The molecule has 1 aliphatic carbocycles. The van der Waals surface area contributed by atoms with Crippen molar-refractivity contribution in [3.63, 3.8) is 0 Å². The second kappa shape index (κ2) is 7.73. The van der Waals surface area contributed by atoms with Gasteiger partial charge in [-0.1, -0.05) is 11.6 Å². The van der Waals surface area contributed by atoms with E-state index in [1.54, 1.807) is 18.0 Å². The minimum Gasteiger partial charge on any atom is -0.475 e. The molecule has 0 aromatic carbocycles. The number of aromatic nitrogens is 6. The summed E-state index contributed by atoms with van der Waals surface area (Å²) in [6.07, 6.45) is 6.86. The highest BCUT2D eigenvalue weighted by atomic mass is 79.9. The van der Waals surface area contributed by atoms with Gasteiger partial charge in [-0.05, 0) is 41.6 Å². The first-order valence-electron chi connectivity index (χ1n) is 9.73. The zero-order valence-corrected chi connectivity index (χ0v) is 18.3. The van der Waals surface area contributed by atoms with Crippen LogP contribution in [0.5, 0.6) is 5.88 Å². The Labute approximate surface area is 180 Å². The summed E-state index contributed by atoms with van der Waals surface area (Å²) in [7, 11) is 1.78. The van der Waals surface area contributed by atoms with Crippen LogP contribution >= 0.6 is 27.5 Å². The number of ether oxygens (including phenoxy) is 2. The number of methoxy groups -OCH3 is 1. The largest absolute Gasteiger partial charge is 0.475 e. The monoisotopic (exact) mass is 481 g/mol. The molecule has 2 aliphatic rings. The molecule has 0 radical (unpaired) electrons. The lowest BCUT2D eigenvalue weighted by molar-refractivity contribution is 0.0563. The third kappa shape index (κ3) is 3.47. The molecule has 0 amide bonds. The lowest BCUT2D eigenvalue weighted by atomic mass is 9.93. The van der Waals surface area contributed by atoms with Gasteiger partial charge in [0.2, 0.25) is 5.95 Å². The molecule has 0 spiro atoms. The van der Waals surface area contributed by atoms with Gasteiger partial charge in [0.1, 0.15) is 10.3 Å². The smallest absolute Gasteiger partial charge is 0.258 e. The lowest BCUT2D eigenvalue weighted by Gasteiger charge is -2.28. The van der Waals surface area contributed by atoms with Crippen LogP contribution in [0.1, 0.15) is 38.1 Å². The third-order valence-corrected chi connectivity index (χ3v) is 6.62. The molecule has 1 fully saturated rings. The number of anilines is 2. The molecule has 29 heavy (non-hydrogen) atoms. The van der Waals surface area contributed by atoms with Crippen LogP contribution in [0.3, 0.4) is 0 Å². The summed E-state index contributed by atoms with van der Waals surface area (Å²) in [5.74, 6) is 0.998. The van der Waals surface area contributed by atoms with Gasteiger partial charge in [0, 0.05) is 26.3 Å². The Hall–Kier alpha value is -1.91. The zero-order valence-electron chi connectivity index (χ0n) is 15.9. The van der Waals surface area contributed by atoms with Crippen LogP contribution in [0.4, 0.5) is 11.6 Å². The van der Waals surface area contributed by atoms with Crippen molar-refractivity contribution in [1.82, 2.24) is 29.5 Å². The van der Waals surface area contributed by atoms with Crippen molar-refractivity contribution in [3.8, 4) is 5.88 Å². The topological polar surface area (TPSA) is 91.9 Å². The molecule has 1 saturated carbocycles. The van der Waals surface area contributed by atoms with Crippen LogP contribution in [0, 0.1) is 0 Å². The van der Waals surface area contributed by atoms with Gasteiger partial charge >= 0.3 is 0 Å². The van der Waals surface area contributed by atoms with Crippen molar-refractivity contribution in [2.75, 3.05) is 19.0 Å². The van der Waals surface area contributed by atoms with E-state index >= 15 is 0 Å². The van der Waals surface area contributed by atoms with Crippen LogP contribution < -0.4 is 10.1 Å². The predicted octanol–water partition coefficient (Wildman–Crippen LogP) is 4.09. The van der Waals surface area contributed by atoms with Crippen LogP contribution in [0.2, 0.25) is 5.15 Å². The molecule has 1 aliphatic heterocycles. The van der Waals surface area contributed by atoms with Crippen LogP contribution in [0.15, 0.2) is 10.8 Å². The molecule has 0 unspecified atom stereocenters. The second-order valence-electron chi connectivity index (χ2n) is 7.35. The van der Waals surface area contributed by atoms with Crippen molar-refractivity contribution in [1.29, 1.82) is 0 Å².